The van der Waals surface area contributed by atoms with Gasteiger partial charge in [-0.05, 0) is 37.1 Å². The number of nitrogens with zero attached hydrogens (tertiary/aromatic N) is 2. The molecule has 1 aromatic carbocycles. The lowest BCUT2D eigenvalue weighted by Crippen LogP contribution is -2.22. The zero-order valence-corrected chi connectivity index (χ0v) is 14.4. The van der Waals surface area contributed by atoms with Gasteiger partial charge in [0.05, 0.1) is 10.6 Å². The maximum Gasteiger partial charge on any atom is 0.257 e. The van der Waals surface area contributed by atoms with E-state index in [1.54, 1.807) is 0 Å². The number of anilines is 1. The summed E-state index contributed by atoms with van der Waals surface area (Å²) in [5.74, 6) is 0.253. The molecule has 1 N–H and O–H groups in total. The van der Waals surface area contributed by atoms with Crippen LogP contribution in [0.3, 0.4) is 0 Å². The number of sulfonamides is 1. The third-order valence-corrected chi connectivity index (χ3v) is 6.24. The van der Waals surface area contributed by atoms with E-state index in [0.29, 0.717) is 16.6 Å². The number of nitrogens with one attached hydrogen (secondary N) is 1. The van der Waals surface area contributed by atoms with E-state index >= 15 is 0 Å². The van der Waals surface area contributed by atoms with Crippen LogP contribution >= 0.6 is 11.3 Å². The number of hydrogen-bond acceptors (Lipinski definition) is 5. The molecule has 3 rings (SSSR count). The summed E-state index contributed by atoms with van der Waals surface area (Å²) in [7, 11) is -0.550. The number of rotatable bonds is 5. The fraction of sp³-hybridized carbons (Fsp3) is 0.333. The van der Waals surface area contributed by atoms with Crippen LogP contribution in [0.15, 0.2) is 34.5 Å². The lowest BCUT2D eigenvalue weighted by Gasteiger charge is -2.11. The normalized spacial score (nSPS) is 14.9. The van der Waals surface area contributed by atoms with E-state index in [9.17, 15) is 13.2 Å². The Morgan fingerprint density at radius 3 is 2.48 bits per heavy atom. The predicted molar refractivity (Wildman–Crippen MR) is 89.4 cm³/mol. The molecular formula is C15H17N3O3S2. The molecule has 0 unspecified atom stereocenters. The van der Waals surface area contributed by atoms with E-state index in [-0.39, 0.29) is 10.8 Å². The van der Waals surface area contributed by atoms with Gasteiger partial charge in [0.1, 0.15) is 0 Å². The van der Waals surface area contributed by atoms with Crippen LogP contribution in [-0.2, 0) is 10.0 Å². The highest BCUT2D eigenvalue weighted by Gasteiger charge is 2.26. The molecule has 2 aromatic rings. The van der Waals surface area contributed by atoms with Gasteiger partial charge in [-0.2, -0.15) is 0 Å². The second-order valence-corrected chi connectivity index (χ2v) is 8.63. The number of thiazole rings is 1. The van der Waals surface area contributed by atoms with Gasteiger partial charge >= 0.3 is 0 Å². The molecule has 1 fully saturated rings. The van der Waals surface area contributed by atoms with Crippen LogP contribution in [0.25, 0.3) is 0 Å². The SMILES string of the molecule is CN(C)S(=O)(=O)c1ccc(C(=O)Nc2nc(C3CC3)cs2)cc1. The van der Waals surface area contributed by atoms with Crippen LogP contribution in [0, 0.1) is 0 Å². The third kappa shape index (κ3) is 3.44. The molecule has 8 heteroatoms. The largest absolute Gasteiger partial charge is 0.298 e. The third-order valence-electron chi connectivity index (χ3n) is 3.63. The maximum absolute atomic E-state index is 12.2. The molecule has 1 aliphatic rings. The number of benzene rings is 1. The summed E-state index contributed by atoms with van der Waals surface area (Å²) in [6.07, 6.45) is 2.33. The first-order valence-corrected chi connectivity index (χ1v) is 9.49. The van der Waals surface area contributed by atoms with Crippen LogP contribution < -0.4 is 5.32 Å². The van der Waals surface area contributed by atoms with Gasteiger partial charge in [0.15, 0.2) is 5.13 Å². The molecule has 0 bridgehead atoms. The average molecular weight is 351 g/mol. The molecule has 1 heterocycles. The lowest BCUT2D eigenvalue weighted by atomic mass is 10.2. The minimum Gasteiger partial charge on any atom is -0.298 e. The first-order chi connectivity index (χ1) is 10.9. The molecule has 0 spiro atoms. The van der Waals surface area contributed by atoms with Gasteiger partial charge in [-0.15, -0.1) is 11.3 Å². The van der Waals surface area contributed by atoms with Gasteiger partial charge in [-0.3, -0.25) is 10.1 Å². The van der Waals surface area contributed by atoms with E-state index < -0.39 is 10.0 Å². The minimum atomic E-state index is -3.49. The van der Waals surface area contributed by atoms with Crippen molar-refractivity contribution in [1.82, 2.24) is 9.29 Å². The second-order valence-electron chi connectivity index (χ2n) is 5.62. The van der Waals surface area contributed by atoms with Gasteiger partial charge in [0.2, 0.25) is 10.0 Å². The zero-order chi connectivity index (χ0) is 16.6. The number of carbonyl (C=O) groups is 1. The number of carbonyl (C=O) groups excluding carboxylic acids is 1. The lowest BCUT2D eigenvalue weighted by molar-refractivity contribution is 0.102. The summed E-state index contributed by atoms with van der Waals surface area (Å²) in [6.45, 7) is 0. The van der Waals surface area contributed by atoms with Gasteiger partial charge in [-0.1, -0.05) is 0 Å². The van der Waals surface area contributed by atoms with Gasteiger partial charge in [-0.25, -0.2) is 17.7 Å². The van der Waals surface area contributed by atoms with Crippen LogP contribution in [-0.4, -0.2) is 37.7 Å². The summed E-state index contributed by atoms with van der Waals surface area (Å²) in [4.78, 5) is 16.8. The molecule has 1 saturated carbocycles. The van der Waals surface area contributed by atoms with Crippen LogP contribution in [0.5, 0.6) is 0 Å². The Kier molecular flexibility index (Phi) is 4.22. The quantitative estimate of drug-likeness (QED) is 0.898. The highest BCUT2D eigenvalue weighted by molar-refractivity contribution is 7.89. The van der Waals surface area contributed by atoms with Crippen molar-refractivity contribution in [2.75, 3.05) is 19.4 Å². The average Bonchev–Trinajstić information content (AvgIpc) is 3.27. The molecule has 0 aliphatic heterocycles. The summed E-state index contributed by atoms with van der Waals surface area (Å²) in [5, 5.41) is 5.29. The summed E-state index contributed by atoms with van der Waals surface area (Å²) in [5.41, 5.74) is 1.43. The fourth-order valence-electron chi connectivity index (χ4n) is 2.07. The van der Waals surface area contributed by atoms with Crippen molar-refractivity contribution in [2.45, 2.75) is 23.7 Å². The standard InChI is InChI=1S/C15H17N3O3S2/c1-18(2)23(20,21)12-7-5-11(6-8-12)14(19)17-15-16-13(9-22-15)10-3-4-10/h5-10H,3-4H2,1-2H3,(H,16,17,19). The van der Waals surface area contributed by atoms with Crippen molar-refractivity contribution in [3.63, 3.8) is 0 Å². The molecular weight excluding hydrogens is 334 g/mol. The summed E-state index contributed by atoms with van der Waals surface area (Å²) >= 11 is 1.41. The Bertz CT molecular complexity index is 822. The van der Waals surface area contributed by atoms with Crippen LogP contribution in [0.4, 0.5) is 5.13 Å². The highest BCUT2D eigenvalue weighted by Crippen LogP contribution is 2.40. The van der Waals surface area contributed by atoms with Gasteiger partial charge < -0.3 is 0 Å². The van der Waals surface area contributed by atoms with Gasteiger partial charge in [0.25, 0.3) is 5.91 Å². The molecule has 23 heavy (non-hydrogen) atoms. The summed E-state index contributed by atoms with van der Waals surface area (Å²) in [6, 6.07) is 5.87. The van der Waals surface area contributed by atoms with Crippen LogP contribution in [0.2, 0.25) is 0 Å². The Morgan fingerprint density at radius 2 is 1.91 bits per heavy atom. The van der Waals surface area contributed by atoms with E-state index in [2.05, 4.69) is 10.3 Å². The molecule has 1 aromatic heterocycles. The maximum atomic E-state index is 12.2. The summed E-state index contributed by atoms with van der Waals surface area (Å²) < 4.78 is 25.1. The Labute approximate surface area is 139 Å². The van der Waals surface area contributed by atoms with E-state index in [1.165, 1.54) is 62.5 Å². The molecule has 0 atom stereocenters. The highest BCUT2D eigenvalue weighted by atomic mass is 32.2. The number of aromatic nitrogens is 1. The number of hydrogen-bond donors (Lipinski definition) is 1. The van der Waals surface area contributed by atoms with Crippen molar-refractivity contribution in [3.05, 3.63) is 40.9 Å². The topological polar surface area (TPSA) is 79.4 Å². The predicted octanol–water partition coefficient (Wildman–Crippen LogP) is 2.52. The van der Waals surface area contributed by atoms with Gasteiger partial charge in [0, 0.05) is 31.0 Å². The molecule has 1 amide bonds. The Balaban J connectivity index is 1.72. The number of amides is 1. The van der Waals surface area contributed by atoms with E-state index in [1.807, 2.05) is 5.38 Å². The van der Waals surface area contributed by atoms with E-state index in [0.717, 1.165) is 10.00 Å². The zero-order valence-electron chi connectivity index (χ0n) is 12.8. The smallest absolute Gasteiger partial charge is 0.257 e. The molecule has 0 saturated heterocycles. The molecule has 0 radical (unpaired) electrons. The molecule has 122 valence electrons. The second kappa shape index (κ2) is 6.03. The van der Waals surface area contributed by atoms with E-state index in [4.69, 9.17) is 0 Å². The monoisotopic (exact) mass is 351 g/mol. The Morgan fingerprint density at radius 1 is 1.26 bits per heavy atom. The molecule has 6 nitrogen and oxygen atoms in total. The first-order valence-electron chi connectivity index (χ1n) is 7.17. The fourth-order valence-corrected chi connectivity index (χ4v) is 3.76. The van der Waals surface area contributed by atoms with Crippen LogP contribution in [0.1, 0.15) is 34.8 Å². The van der Waals surface area contributed by atoms with Crippen molar-refractivity contribution < 1.29 is 13.2 Å². The van der Waals surface area contributed by atoms with Crippen molar-refractivity contribution >= 4 is 32.4 Å². The Hall–Kier alpha value is -1.77. The van der Waals surface area contributed by atoms with Crippen molar-refractivity contribution in [3.8, 4) is 0 Å². The first kappa shape index (κ1) is 16.1. The van der Waals surface area contributed by atoms with Crippen molar-refractivity contribution in [1.29, 1.82) is 0 Å². The molecule has 1 aliphatic carbocycles. The van der Waals surface area contributed by atoms with Crippen molar-refractivity contribution in [2.24, 2.45) is 0 Å². The minimum absolute atomic E-state index is 0.157.